The molecule has 2 atom stereocenters. The highest BCUT2D eigenvalue weighted by atomic mass is 32.2. The largest absolute Gasteiger partial charge is 0.452 e. The van der Waals surface area contributed by atoms with Crippen LogP contribution in [0.2, 0.25) is 0 Å². The summed E-state index contributed by atoms with van der Waals surface area (Å²) < 4.78 is 32.8. The molecule has 1 N–H and O–H groups in total. The molecular formula is C21H30N2O5S. The molecule has 1 aromatic rings. The standard InChI is InChI=1S/C21H30N2O5S/c1-14-7-10-18(29(26,27)23-11-5-4-6-15(23)2)12-19(14)21(25)28-13-20(24)22-16(3)17-8-9-17/h7,10,12,15-17H,4-6,8-9,11,13H2,1-3H3,(H,22,24). The van der Waals surface area contributed by atoms with Gasteiger partial charge >= 0.3 is 5.97 Å². The second-order valence-corrected chi connectivity index (χ2v) is 10.1. The van der Waals surface area contributed by atoms with Gasteiger partial charge in [0.2, 0.25) is 10.0 Å². The lowest BCUT2D eigenvalue weighted by Crippen LogP contribution is -2.42. The molecular weight excluding hydrogens is 392 g/mol. The average molecular weight is 423 g/mol. The van der Waals surface area contributed by atoms with Crippen LogP contribution in [-0.4, -0.2) is 49.8 Å². The third-order valence-electron chi connectivity index (χ3n) is 5.83. The average Bonchev–Trinajstić information content (AvgIpc) is 3.52. The monoisotopic (exact) mass is 422 g/mol. The van der Waals surface area contributed by atoms with Crippen LogP contribution >= 0.6 is 0 Å². The predicted molar refractivity (Wildman–Crippen MR) is 109 cm³/mol. The Morgan fingerprint density at radius 2 is 1.97 bits per heavy atom. The first-order chi connectivity index (χ1) is 13.7. The van der Waals surface area contributed by atoms with Crippen molar-refractivity contribution in [1.29, 1.82) is 0 Å². The molecule has 2 fully saturated rings. The molecule has 1 aliphatic carbocycles. The lowest BCUT2D eigenvalue weighted by Gasteiger charge is -2.32. The number of aryl methyl sites for hydroxylation is 1. The molecule has 2 unspecified atom stereocenters. The topological polar surface area (TPSA) is 92.8 Å². The minimum absolute atomic E-state index is 0.0670. The molecule has 7 nitrogen and oxygen atoms in total. The summed E-state index contributed by atoms with van der Waals surface area (Å²) in [6.07, 6.45) is 4.89. The van der Waals surface area contributed by atoms with Crippen LogP contribution in [0.25, 0.3) is 0 Å². The third kappa shape index (κ3) is 5.17. The van der Waals surface area contributed by atoms with E-state index in [1.54, 1.807) is 13.0 Å². The van der Waals surface area contributed by atoms with Crippen LogP contribution in [0.1, 0.15) is 61.9 Å². The number of rotatable bonds is 7. The molecule has 160 valence electrons. The number of piperidine rings is 1. The molecule has 29 heavy (non-hydrogen) atoms. The van der Waals surface area contributed by atoms with Crippen molar-refractivity contribution in [1.82, 2.24) is 9.62 Å². The molecule has 1 saturated heterocycles. The van der Waals surface area contributed by atoms with Gasteiger partial charge in [-0.05, 0) is 70.1 Å². The predicted octanol–water partition coefficient (Wildman–Crippen LogP) is 2.63. The van der Waals surface area contributed by atoms with Crippen molar-refractivity contribution in [3.8, 4) is 0 Å². The van der Waals surface area contributed by atoms with Crippen molar-refractivity contribution in [2.75, 3.05) is 13.2 Å². The zero-order valence-electron chi connectivity index (χ0n) is 17.3. The molecule has 3 rings (SSSR count). The summed E-state index contributed by atoms with van der Waals surface area (Å²) in [6.45, 7) is 5.66. The zero-order chi connectivity index (χ0) is 21.2. The summed E-state index contributed by atoms with van der Waals surface area (Å²) in [5.41, 5.74) is 0.770. The number of amides is 1. The summed E-state index contributed by atoms with van der Waals surface area (Å²) in [5, 5.41) is 2.83. The van der Waals surface area contributed by atoms with Gasteiger partial charge in [0.25, 0.3) is 5.91 Å². The number of carbonyl (C=O) groups excluding carboxylic acids is 2. The molecule has 1 heterocycles. The van der Waals surface area contributed by atoms with E-state index < -0.39 is 16.0 Å². The van der Waals surface area contributed by atoms with E-state index in [2.05, 4.69) is 5.32 Å². The summed E-state index contributed by atoms with van der Waals surface area (Å²) in [4.78, 5) is 24.6. The summed E-state index contributed by atoms with van der Waals surface area (Å²) in [7, 11) is -3.69. The Morgan fingerprint density at radius 3 is 2.62 bits per heavy atom. The van der Waals surface area contributed by atoms with Crippen LogP contribution in [0.5, 0.6) is 0 Å². The van der Waals surface area contributed by atoms with Gasteiger partial charge in [-0.25, -0.2) is 13.2 Å². The van der Waals surface area contributed by atoms with Crippen LogP contribution < -0.4 is 5.32 Å². The summed E-state index contributed by atoms with van der Waals surface area (Å²) >= 11 is 0. The smallest absolute Gasteiger partial charge is 0.338 e. The van der Waals surface area contributed by atoms with Crippen LogP contribution in [-0.2, 0) is 19.6 Å². The van der Waals surface area contributed by atoms with E-state index in [4.69, 9.17) is 4.74 Å². The van der Waals surface area contributed by atoms with Crippen LogP contribution in [0, 0.1) is 12.8 Å². The van der Waals surface area contributed by atoms with Gasteiger partial charge in [-0.2, -0.15) is 4.31 Å². The molecule has 0 spiro atoms. The molecule has 1 amide bonds. The number of benzene rings is 1. The van der Waals surface area contributed by atoms with Crippen molar-refractivity contribution in [2.24, 2.45) is 5.92 Å². The van der Waals surface area contributed by atoms with E-state index in [0.29, 0.717) is 18.0 Å². The zero-order valence-corrected chi connectivity index (χ0v) is 18.1. The van der Waals surface area contributed by atoms with Gasteiger partial charge in [0.15, 0.2) is 6.61 Å². The van der Waals surface area contributed by atoms with E-state index in [1.165, 1.54) is 16.4 Å². The van der Waals surface area contributed by atoms with Gasteiger partial charge in [-0.1, -0.05) is 12.5 Å². The van der Waals surface area contributed by atoms with Crippen molar-refractivity contribution >= 4 is 21.9 Å². The highest BCUT2D eigenvalue weighted by Gasteiger charge is 2.32. The Labute approximate surface area is 172 Å². The Hall–Kier alpha value is -1.93. The first-order valence-electron chi connectivity index (χ1n) is 10.3. The number of hydrogen-bond donors (Lipinski definition) is 1. The van der Waals surface area contributed by atoms with E-state index in [0.717, 1.165) is 32.1 Å². The molecule has 2 aliphatic rings. The number of esters is 1. The van der Waals surface area contributed by atoms with Gasteiger partial charge in [0.1, 0.15) is 0 Å². The highest BCUT2D eigenvalue weighted by Crippen LogP contribution is 2.32. The lowest BCUT2D eigenvalue weighted by molar-refractivity contribution is -0.125. The SMILES string of the molecule is Cc1ccc(S(=O)(=O)N2CCCCC2C)cc1C(=O)OCC(=O)NC(C)C1CC1. The number of nitrogens with one attached hydrogen (secondary N) is 1. The fourth-order valence-electron chi connectivity index (χ4n) is 3.76. The summed E-state index contributed by atoms with van der Waals surface area (Å²) in [5.74, 6) is -0.530. The lowest BCUT2D eigenvalue weighted by atomic mass is 10.1. The molecule has 0 bridgehead atoms. The van der Waals surface area contributed by atoms with Crippen molar-refractivity contribution in [2.45, 2.75) is 69.9 Å². The van der Waals surface area contributed by atoms with Gasteiger partial charge < -0.3 is 10.1 Å². The molecule has 1 saturated carbocycles. The van der Waals surface area contributed by atoms with Crippen molar-refractivity contribution in [3.05, 3.63) is 29.3 Å². The van der Waals surface area contributed by atoms with E-state index in [1.807, 2.05) is 13.8 Å². The maximum atomic E-state index is 13.1. The minimum Gasteiger partial charge on any atom is -0.452 e. The fraction of sp³-hybridized carbons (Fsp3) is 0.619. The Morgan fingerprint density at radius 1 is 1.24 bits per heavy atom. The normalized spacial score (nSPS) is 21.4. The van der Waals surface area contributed by atoms with Gasteiger partial charge in [0.05, 0.1) is 10.5 Å². The number of carbonyl (C=O) groups is 2. The number of hydrogen-bond acceptors (Lipinski definition) is 5. The number of ether oxygens (including phenoxy) is 1. The Bertz CT molecular complexity index is 879. The fourth-order valence-corrected chi connectivity index (χ4v) is 5.49. The maximum Gasteiger partial charge on any atom is 0.338 e. The van der Waals surface area contributed by atoms with Crippen LogP contribution in [0.15, 0.2) is 23.1 Å². The number of sulfonamides is 1. The van der Waals surface area contributed by atoms with E-state index in [9.17, 15) is 18.0 Å². The van der Waals surface area contributed by atoms with Crippen molar-refractivity contribution < 1.29 is 22.7 Å². The third-order valence-corrected chi connectivity index (χ3v) is 7.84. The molecule has 1 aliphatic heterocycles. The highest BCUT2D eigenvalue weighted by molar-refractivity contribution is 7.89. The maximum absolute atomic E-state index is 13.1. The van der Waals surface area contributed by atoms with Crippen molar-refractivity contribution in [3.63, 3.8) is 0 Å². The number of nitrogens with zero attached hydrogens (tertiary/aromatic N) is 1. The van der Waals surface area contributed by atoms with Gasteiger partial charge in [0, 0.05) is 18.6 Å². The molecule has 8 heteroatoms. The molecule has 0 radical (unpaired) electrons. The molecule has 1 aromatic carbocycles. The van der Waals surface area contributed by atoms with E-state index >= 15 is 0 Å². The van der Waals surface area contributed by atoms with Crippen LogP contribution in [0.3, 0.4) is 0 Å². The van der Waals surface area contributed by atoms with E-state index in [-0.39, 0.29) is 35.1 Å². The summed E-state index contributed by atoms with van der Waals surface area (Å²) in [6, 6.07) is 4.49. The van der Waals surface area contributed by atoms with Gasteiger partial charge in [-0.15, -0.1) is 0 Å². The minimum atomic E-state index is -3.69. The molecule has 0 aromatic heterocycles. The van der Waals surface area contributed by atoms with Gasteiger partial charge in [-0.3, -0.25) is 4.79 Å². The Balaban J connectivity index is 1.69. The van der Waals surface area contributed by atoms with Crippen LogP contribution in [0.4, 0.5) is 0 Å². The second-order valence-electron chi connectivity index (χ2n) is 8.21. The second kappa shape index (κ2) is 8.83. The first-order valence-corrected chi connectivity index (χ1v) is 11.7. The Kier molecular flexibility index (Phi) is 6.63. The quantitative estimate of drug-likeness (QED) is 0.682. The first kappa shape index (κ1) is 21.8.